The summed E-state index contributed by atoms with van der Waals surface area (Å²) < 4.78 is 0. The summed E-state index contributed by atoms with van der Waals surface area (Å²) in [5.41, 5.74) is 16.1. The Morgan fingerprint density at radius 3 is 2.19 bits per heavy atom. The molecule has 2 N–H and O–H groups in total. The van der Waals surface area contributed by atoms with Crippen LogP contribution in [0.25, 0.3) is 44.3 Å². The molecule has 0 fully saturated rings. The van der Waals surface area contributed by atoms with Gasteiger partial charge < -0.3 is 5.73 Å². The van der Waals surface area contributed by atoms with Gasteiger partial charge in [0, 0.05) is 5.69 Å². The van der Waals surface area contributed by atoms with Gasteiger partial charge in [0.15, 0.2) is 0 Å². The van der Waals surface area contributed by atoms with E-state index in [9.17, 15) is 0 Å². The quantitative estimate of drug-likeness (QED) is 0.231. The second-order valence-electron chi connectivity index (χ2n) is 8.86. The summed E-state index contributed by atoms with van der Waals surface area (Å²) in [7, 11) is 0. The zero-order chi connectivity index (χ0) is 21.7. The molecule has 0 saturated heterocycles. The van der Waals surface area contributed by atoms with Crippen molar-refractivity contribution in [2.45, 2.75) is 19.8 Å². The molecule has 6 rings (SSSR count). The third kappa shape index (κ3) is 3.09. The number of aryl methyl sites for hydroxylation is 2. The summed E-state index contributed by atoms with van der Waals surface area (Å²) in [4.78, 5) is 0. The predicted molar refractivity (Wildman–Crippen MR) is 139 cm³/mol. The van der Waals surface area contributed by atoms with Crippen LogP contribution < -0.4 is 5.73 Å². The van der Waals surface area contributed by atoms with Crippen LogP contribution in [0.15, 0.2) is 91.0 Å². The summed E-state index contributed by atoms with van der Waals surface area (Å²) in [6, 6.07) is 32.9. The Kier molecular flexibility index (Phi) is 4.36. The molecule has 0 aliphatic heterocycles. The van der Waals surface area contributed by atoms with Crippen LogP contribution in [0.5, 0.6) is 0 Å². The molecule has 154 valence electrons. The summed E-state index contributed by atoms with van der Waals surface area (Å²) in [5.74, 6) is 0. The van der Waals surface area contributed by atoms with Crippen LogP contribution in [-0.2, 0) is 6.42 Å². The number of anilines is 1. The number of fused-ring (bicyclic) bond motifs is 6. The molecule has 0 atom stereocenters. The van der Waals surface area contributed by atoms with Crippen molar-refractivity contribution in [2.24, 2.45) is 0 Å². The van der Waals surface area contributed by atoms with Gasteiger partial charge in [0.1, 0.15) is 0 Å². The standard InChI is InChI=1S/C31H25N/c1-20-6-4-7-21(16-20)23-12-14-28-26-10-2-3-11-27(26)29-15-13-24(19-31(29)30(28)18-23)22-8-5-9-25(32)17-22/h2-12,14,16-19H,13,15,32H2,1H3. The predicted octanol–water partition coefficient (Wildman–Crippen LogP) is 8.04. The molecule has 1 heteroatoms. The van der Waals surface area contributed by atoms with E-state index in [1.54, 1.807) is 0 Å². The Balaban J connectivity index is 1.65. The molecular formula is C31H25N. The minimum atomic E-state index is 0.819. The van der Waals surface area contributed by atoms with Crippen molar-refractivity contribution in [2.75, 3.05) is 5.73 Å². The molecule has 1 aliphatic carbocycles. The number of rotatable bonds is 2. The Labute approximate surface area is 188 Å². The molecular weight excluding hydrogens is 386 g/mol. The van der Waals surface area contributed by atoms with Crippen LogP contribution in [-0.4, -0.2) is 0 Å². The molecule has 0 spiro atoms. The van der Waals surface area contributed by atoms with Crippen molar-refractivity contribution in [1.29, 1.82) is 0 Å². The molecule has 0 heterocycles. The highest BCUT2D eigenvalue weighted by Gasteiger charge is 2.19. The van der Waals surface area contributed by atoms with Gasteiger partial charge in [-0.3, -0.25) is 0 Å². The van der Waals surface area contributed by atoms with Gasteiger partial charge in [-0.05, 0) is 92.9 Å². The maximum absolute atomic E-state index is 6.09. The molecule has 0 aromatic heterocycles. The third-order valence-corrected chi connectivity index (χ3v) is 6.75. The van der Waals surface area contributed by atoms with Gasteiger partial charge in [0.05, 0.1) is 0 Å². The van der Waals surface area contributed by atoms with Crippen LogP contribution in [0, 0.1) is 6.92 Å². The van der Waals surface area contributed by atoms with Crippen LogP contribution in [0.1, 0.15) is 28.7 Å². The van der Waals surface area contributed by atoms with Crippen molar-refractivity contribution >= 4 is 38.9 Å². The SMILES string of the molecule is Cc1cccc(-c2ccc3c(c2)c2c(c4ccccc43)CCC(c3cccc(N)c3)=C2)c1. The first kappa shape index (κ1) is 18.9. The summed E-state index contributed by atoms with van der Waals surface area (Å²) in [6.07, 6.45) is 4.48. The average molecular weight is 412 g/mol. The lowest BCUT2D eigenvalue weighted by Crippen LogP contribution is -2.02. The normalized spacial score (nSPS) is 13.2. The summed E-state index contributed by atoms with van der Waals surface area (Å²) >= 11 is 0. The lowest BCUT2D eigenvalue weighted by molar-refractivity contribution is 1.02. The van der Waals surface area contributed by atoms with Crippen LogP contribution in [0.2, 0.25) is 0 Å². The minimum absolute atomic E-state index is 0.819. The Morgan fingerprint density at radius 1 is 0.594 bits per heavy atom. The third-order valence-electron chi connectivity index (χ3n) is 6.75. The van der Waals surface area contributed by atoms with Gasteiger partial charge >= 0.3 is 0 Å². The molecule has 1 aliphatic rings. The van der Waals surface area contributed by atoms with E-state index in [0.717, 1.165) is 18.5 Å². The zero-order valence-corrected chi connectivity index (χ0v) is 18.2. The first-order valence-corrected chi connectivity index (χ1v) is 11.3. The van der Waals surface area contributed by atoms with Gasteiger partial charge in [-0.1, -0.05) is 84.4 Å². The highest BCUT2D eigenvalue weighted by Crippen LogP contribution is 2.41. The fourth-order valence-corrected chi connectivity index (χ4v) is 5.20. The monoisotopic (exact) mass is 411 g/mol. The van der Waals surface area contributed by atoms with Crippen molar-refractivity contribution in [3.05, 3.63) is 113 Å². The number of nitrogens with two attached hydrogens (primary N) is 1. The smallest absolute Gasteiger partial charge is 0.0320 e. The number of hydrogen-bond acceptors (Lipinski definition) is 1. The maximum Gasteiger partial charge on any atom is 0.0320 e. The fraction of sp³-hybridized carbons (Fsp3) is 0.0968. The highest BCUT2D eigenvalue weighted by molar-refractivity contribution is 6.15. The van der Waals surface area contributed by atoms with E-state index in [-0.39, 0.29) is 0 Å². The van der Waals surface area contributed by atoms with E-state index in [1.807, 2.05) is 6.07 Å². The van der Waals surface area contributed by atoms with Crippen LogP contribution in [0.4, 0.5) is 5.69 Å². The van der Waals surface area contributed by atoms with Gasteiger partial charge in [-0.2, -0.15) is 0 Å². The molecule has 0 radical (unpaired) electrons. The van der Waals surface area contributed by atoms with Crippen molar-refractivity contribution < 1.29 is 0 Å². The molecule has 0 unspecified atom stereocenters. The van der Waals surface area contributed by atoms with Crippen molar-refractivity contribution in [3.8, 4) is 11.1 Å². The van der Waals surface area contributed by atoms with Gasteiger partial charge in [-0.25, -0.2) is 0 Å². The second kappa shape index (κ2) is 7.39. The largest absolute Gasteiger partial charge is 0.399 e. The Morgan fingerprint density at radius 2 is 1.34 bits per heavy atom. The van der Waals surface area contributed by atoms with Crippen molar-refractivity contribution in [1.82, 2.24) is 0 Å². The van der Waals surface area contributed by atoms with Crippen LogP contribution in [0.3, 0.4) is 0 Å². The molecule has 5 aromatic rings. The minimum Gasteiger partial charge on any atom is -0.399 e. The number of hydrogen-bond donors (Lipinski definition) is 1. The lowest BCUT2D eigenvalue weighted by Gasteiger charge is -2.22. The average Bonchev–Trinajstić information content (AvgIpc) is 2.83. The summed E-state index contributed by atoms with van der Waals surface area (Å²) in [5, 5.41) is 5.37. The zero-order valence-electron chi connectivity index (χ0n) is 18.2. The molecule has 5 aromatic carbocycles. The van der Waals surface area contributed by atoms with E-state index in [1.165, 1.54) is 60.5 Å². The molecule has 1 nitrogen and oxygen atoms in total. The first-order chi connectivity index (χ1) is 15.7. The van der Waals surface area contributed by atoms with Gasteiger partial charge in [-0.15, -0.1) is 0 Å². The molecule has 0 saturated carbocycles. The van der Waals surface area contributed by atoms with Crippen molar-refractivity contribution in [3.63, 3.8) is 0 Å². The number of nitrogen functional groups attached to an aromatic ring is 1. The summed E-state index contributed by atoms with van der Waals surface area (Å²) in [6.45, 7) is 2.15. The molecule has 0 amide bonds. The van der Waals surface area contributed by atoms with Gasteiger partial charge in [0.2, 0.25) is 0 Å². The lowest BCUT2D eigenvalue weighted by atomic mass is 9.82. The second-order valence-corrected chi connectivity index (χ2v) is 8.86. The van der Waals surface area contributed by atoms with E-state index in [4.69, 9.17) is 5.73 Å². The van der Waals surface area contributed by atoms with E-state index >= 15 is 0 Å². The van der Waals surface area contributed by atoms with E-state index in [0.29, 0.717) is 0 Å². The fourth-order valence-electron chi connectivity index (χ4n) is 5.20. The topological polar surface area (TPSA) is 26.0 Å². The number of allylic oxidation sites excluding steroid dienone is 1. The van der Waals surface area contributed by atoms with E-state index in [2.05, 4.69) is 97.9 Å². The van der Waals surface area contributed by atoms with Gasteiger partial charge in [0.25, 0.3) is 0 Å². The molecule has 0 bridgehead atoms. The van der Waals surface area contributed by atoms with Crippen LogP contribution >= 0.6 is 0 Å². The van der Waals surface area contributed by atoms with E-state index < -0.39 is 0 Å². The first-order valence-electron chi connectivity index (χ1n) is 11.3. The molecule has 32 heavy (non-hydrogen) atoms. The Hall–Kier alpha value is -3.84. The number of benzene rings is 5. The highest BCUT2D eigenvalue weighted by atomic mass is 14.5. The Bertz CT molecular complexity index is 1540. The maximum atomic E-state index is 6.09.